The van der Waals surface area contributed by atoms with E-state index in [1.807, 2.05) is 0 Å². The number of hydrogen-bond acceptors (Lipinski definition) is 2. The Labute approximate surface area is 38.1 Å². The first-order chi connectivity index (χ1) is 3.18. The summed E-state index contributed by atoms with van der Waals surface area (Å²) in [6, 6.07) is 0. The van der Waals surface area contributed by atoms with Crippen LogP contribution in [-0.4, -0.2) is 18.5 Å². The van der Waals surface area contributed by atoms with E-state index < -0.39 is 18.5 Å². The molecule has 0 aromatic carbocycles. The molecule has 0 rings (SSSR count). The second kappa shape index (κ2) is 2.39. The lowest BCUT2D eigenvalue weighted by atomic mass is 10.5. The lowest BCUT2D eigenvalue weighted by Crippen LogP contribution is -2.09. The van der Waals surface area contributed by atoms with Crippen LogP contribution in [0.5, 0.6) is 0 Å². The summed E-state index contributed by atoms with van der Waals surface area (Å²) < 4.78 is 21.7. The number of carbonyl (C=O) groups excluding carboxylic acids is 2. The number of alkyl halides is 2. The number of hydrogen-bond donors (Lipinski definition) is 0. The minimum absolute atomic E-state index is 0.398. The van der Waals surface area contributed by atoms with Gasteiger partial charge in [-0.3, -0.25) is 9.59 Å². The standard InChI is InChI=1S/C3H2F2O2/c4-3(5)2(7)1-6/h1,3H. The van der Waals surface area contributed by atoms with Crippen LogP contribution in [0.4, 0.5) is 8.78 Å². The summed E-state index contributed by atoms with van der Waals surface area (Å²) in [5, 5.41) is 0. The molecule has 0 heterocycles. The SMILES string of the molecule is O=CC(=O)C(F)F. The predicted octanol–water partition coefficient (Wildman–Crippen LogP) is 0.0195. The van der Waals surface area contributed by atoms with E-state index >= 15 is 0 Å². The fraction of sp³-hybridized carbons (Fsp3) is 0.333. The van der Waals surface area contributed by atoms with Gasteiger partial charge >= 0.3 is 6.43 Å². The highest BCUT2D eigenvalue weighted by molar-refractivity contribution is 6.26. The van der Waals surface area contributed by atoms with Crippen LogP contribution in [0.25, 0.3) is 0 Å². The second-order valence-electron chi connectivity index (χ2n) is 0.821. The van der Waals surface area contributed by atoms with Crippen molar-refractivity contribution in [1.29, 1.82) is 0 Å². The van der Waals surface area contributed by atoms with E-state index in [4.69, 9.17) is 4.79 Å². The molecule has 4 heteroatoms. The Bertz CT molecular complexity index is 88.9. The molecule has 0 spiro atoms. The van der Waals surface area contributed by atoms with Gasteiger partial charge in [0.15, 0.2) is 6.29 Å². The summed E-state index contributed by atoms with van der Waals surface area (Å²) in [6.07, 6.45) is -3.54. The monoisotopic (exact) mass is 108 g/mol. The van der Waals surface area contributed by atoms with Crippen LogP contribution in [0.1, 0.15) is 0 Å². The molecule has 0 aliphatic carbocycles. The summed E-state index contributed by atoms with van der Waals surface area (Å²) in [5.41, 5.74) is 0. The summed E-state index contributed by atoms with van der Waals surface area (Å²) in [7, 11) is 0. The Hall–Kier alpha value is -0.800. The van der Waals surface area contributed by atoms with Crippen molar-refractivity contribution < 1.29 is 18.4 Å². The molecule has 0 aromatic rings. The summed E-state index contributed by atoms with van der Waals surface area (Å²) in [5.74, 6) is -1.67. The minimum atomic E-state index is -3.14. The Morgan fingerprint density at radius 3 is 2.00 bits per heavy atom. The summed E-state index contributed by atoms with van der Waals surface area (Å²) >= 11 is 0. The molecule has 0 N–H and O–H groups in total. The maximum Gasteiger partial charge on any atom is 0.303 e. The number of rotatable bonds is 2. The molecule has 0 fully saturated rings. The molecule has 0 bridgehead atoms. The van der Waals surface area contributed by atoms with E-state index in [2.05, 4.69) is 0 Å². The third-order valence-corrected chi connectivity index (χ3v) is 0.331. The zero-order valence-corrected chi connectivity index (χ0v) is 3.23. The Morgan fingerprint density at radius 2 is 2.00 bits per heavy atom. The van der Waals surface area contributed by atoms with Gasteiger partial charge in [-0.05, 0) is 0 Å². The number of halogens is 2. The fourth-order valence-corrected chi connectivity index (χ4v) is 0.0514. The Kier molecular flexibility index (Phi) is 2.11. The van der Waals surface area contributed by atoms with Gasteiger partial charge < -0.3 is 0 Å². The first-order valence-corrected chi connectivity index (χ1v) is 1.45. The minimum Gasteiger partial charge on any atom is -0.294 e. The second-order valence-corrected chi connectivity index (χ2v) is 0.821. The van der Waals surface area contributed by atoms with Crippen LogP contribution in [0, 0.1) is 0 Å². The van der Waals surface area contributed by atoms with Gasteiger partial charge in [-0.2, -0.15) is 0 Å². The molecule has 40 valence electrons. The van der Waals surface area contributed by atoms with E-state index in [0.717, 1.165) is 0 Å². The quantitative estimate of drug-likeness (QED) is 0.369. The van der Waals surface area contributed by atoms with Crippen LogP contribution in [0.3, 0.4) is 0 Å². The van der Waals surface area contributed by atoms with Crippen molar-refractivity contribution in [2.24, 2.45) is 0 Å². The van der Waals surface area contributed by atoms with Crippen LogP contribution in [0.2, 0.25) is 0 Å². The zero-order valence-electron chi connectivity index (χ0n) is 3.23. The molecule has 0 saturated carbocycles. The zero-order chi connectivity index (χ0) is 5.86. The third-order valence-electron chi connectivity index (χ3n) is 0.331. The molecule has 7 heavy (non-hydrogen) atoms. The van der Waals surface area contributed by atoms with Crippen molar-refractivity contribution in [3.05, 3.63) is 0 Å². The van der Waals surface area contributed by atoms with E-state index in [9.17, 15) is 13.6 Å². The van der Waals surface area contributed by atoms with E-state index in [1.165, 1.54) is 0 Å². The Morgan fingerprint density at radius 1 is 1.57 bits per heavy atom. The van der Waals surface area contributed by atoms with Gasteiger partial charge in [-0.1, -0.05) is 0 Å². The molecule has 0 unspecified atom stereocenters. The number of ketones is 1. The van der Waals surface area contributed by atoms with E-state index in [0.29, 0.717) is 0 Å². The molecule has 0 saturated heterocycles. The number of Topliss-reactive ketones (excluding diaryl/α,β-unsaturated/α-hetero) is 1. The van der Waals surface area contributed by atoms with Crippen molar-refractivity contribution in [1.82, 2.24) is 0 Å². The van der Waals surface area contributed by atoms with Crippen molar-refractivity contribution in [2.45, 2.75) is 6.43 Å². The average molecular weight is 108 g/mol. The lowest BCUT2D eigenvalue weighted by molar-refractivity contribution is -0.137. The molecular weight excluding hydrogens is 106 g/mol. The summed E-state index contributed by atoms with van der Waals surface area (Å²) in [4.78, 5) is 18.5. The van der Waals surface area contributed by atoms with Gasteiger partial charge in [0.2, 0.25) is 0 Å². The largest absolute Gasteiger partial charge is 0.303 e. The molecule has 0 aliphatic rings. The highest BCUT2D eigenvalue weighted by Crippen LogP contribution is 1.88. The van der Waals surface area contributed by atoms with Crippen molar-refractivity contribution in [3.63, 3.8) is 0 Å². The maximum absolute atomic E-state index is 10.8. The smallest absolute Gasteiger partial charge is 0.294 e. The normalized spacial score (nSPS) is 9.00. The van der Waals surface area contributed by atoms with Crippen LogP contribution in [0.15, 0.2) is 0 Å². The Balaban J connectivity index is 3.56. The van der Waals surface area contributed by atoms with Crippen molar-refractivity contribution >= 4 is 12.1 Å². The topological polar surface area (TPSA) is 34.1 Å². The van der Waals surface area contributed by atoms with Gasteiger partial charge in [0.05, 0.1) is 0 Å². The maximum atomic E-state index is 10.8. The van der Waals surface area contributed by atoms with Crippen LogP contribution in [-0.2, 0) is 9.59 Å². The van der Waals surface area contributed by atoms with E-state index in [-0.39, 0.29) is 0 Å². The van der Waals surface area contributed by atoms with Gasteiger partial charge in [-0.25, -0.2) is 8.78 Å². The molecule has 0 radical (unpaired) electrons. The first kappa shape index (κ1) is 6.20. The molecular formula is C3H2F2O2. The van der Waals surface area contributed by atoms with Gasteiger partial charge in [0.25, 0.3) is 5.78 Å². The first-order valence-electron chi connectivity index (χ1n) is 1.45. The van der Waals surface area contributed by atoms with Gasteiger partial charge in [0.1, 0.15) is 0 Å². The molecule has 0 atom stereocenters. The average Bonchev–Trinajstić information content (AvgIpc) is 1.65. The fourth-order valence-electron chi connectivity index (χ4n) is 0.0514. The number of aldehydes is 1. The highest BCUT2D eigenvalue weighted by Gasteiger charge is 2.11. The lowest BCUT2D eigenvalue weighted by Gasteiger charge is -1.81. The molecule has 0 aromatic heterocycles. The molecule has 0 aliphatic heterocycles. The molecule has 0 amide bonds. The number of carbonyl (C=O) groups is 2. The van der Waals surface area contributed by atoms with Crippen molar-refractivity contribution in [2.75, 3.05) is 0 Å². The van der Waals surface area contributed by atoms with Crippen LogP contribution >= 0.6 is 0 Å². The van der Waals surface area contributed by atoms with E-state index in [1.54, 1.807) is 0 Å². The summed E-state index contributed by atoms with van der Waals surface area (Å²) in [6.45, 7) is 0. The molecule has 2 nitrogen and oxygen atoms in total. The van der Waals surface area contributed by atoms with Gasteiger partial charge in [0, 0.05) is 0 Å². The predicted molar refractivity (Wildman–Crippen MR) is 17.1 cm³/mol. The third kappa shape index (κ3) is 1.97. The van der Waals surface area contributed by atoms with Crippen molar-refractivity contribution in [3.8, 4) is 0 Å². The van der Waals surface area contributed by atoms with Crippen LogP contribution < -0.4 is 0 Å². The highest BCUT2D eigenvalue weighted by atomic mass is 19.3. The van der Waals surface area contributed by atoms with Gasteiger partial charge in [-0.15, -0.1) is 0 Å².